The van der Waals surface area contributed by atoms with Crippen molar-refractivity contribution in [3.8, 4) is 5.88 Å². The van der Waals surface area contributed by atoms with Crippen LogP contribution in [0, 0.1) is 5.82 Å². The number of halogens is 2. The number of anilines is 1. The molecule has 3 rings (SSSR count). The number of nitrogens with zero attached hydrogens (tertiary/aromatic N) is 5. The fourth-order valence-corrected chi connectivity index (χ4v) is 3.26. The molecular weight excluding hydrogens is 415 g/mol. The van der Waals surface area contributed by atoms with Crippen molar-refractivity contribution in [3.05, 3.63) is 46.3 Å². The fraction of sp³-hybridized carbons (Fsp3) is 0.389. The molecule has 1 aliphatic heterocycles. The van der Waals surface area contributed by atoms with E-state index < -0.39 is 0 Å². The molecule has 144 valence electrons. The Kier molecular flexibility index (Phi) is 6.44. The van der Waals surface area contributed by atoms with E-state index in [1.807, 2.05) is 6.07 Å². The smallest absolute Gasteiger partial charge is 0.232 e. The summed E-state index contributed by atoms with van der Waals surface area (Å²) in [6.07, 6.45) is 1.70. The highest BCUT2D eigenvalue weighted by atomic mass is 79.9. The first-order valence-electron chi connectivity index (χ1n) is 8.63. The van der Waals surface area contributed by atoms with Gasteiger partial charge in [0, 0.05) is 45.3 Å². The lowest BCUT2D eigenvalue weighted by Crippen LogP contribution is -2.52. The van der Waals surface area contributed by atoms with E-state index in [-0.39, 0.29) is 5.82 Å². The lowest BCUT2D eigenvalue weighted by Gasteiger charge is -2.36. The number of benzene rings is 1. The Bertz CT molecular complexity index is 810. The van der Waals surface area contributed by atoms with Gasteiger partial charge in [-0.25, -0.2) is 9.37 Å². The molecule has 0 saturated carbocycles. The van der Waals surface area contributed by atoms with Gasteiger partial charge < -0.3 is 19.9 Å². The van der Waals surface area contributed by atoms with Gasteiger partial charge in [-0.1, -0.05) is 18.2 Å². The van der Waals surface area contributed by atoms with E-state index in [4.69, 9.17) is 4.74 Å². The molecule has 9 heteroatoms. The van der Waals surface area contributed by atoms with Crippen molar-refractivity contribution in [1.82, 2.24) is 20.2 Å². The summed E-state index contributed by atoms with van der Waals surface area (Å²) >= 11 is 3.37. The number of ether oxygens (including phenoxy) is 1. The third-order valence-electron chi connectivity index (χ3n) is 4.36. The molecule has 0 aliphatic carbocycles. The van der Waals surface area contributed by atoms with Gasteiger partial charge >= 0.3 is 0 Å². The standard InChI is InChI=1S/C18H22BrFN6O/c1-21-17(22-11-13-5-3-4-6-15(13)20)25-7-9-26(10-8-25)18-23-12-14(19)16(24-18)27-2/h3-6,12H,7-11H2,1-2H3,(H,21,22). The normalized spacial score (nSPS) is 15.0. The number of guanidine groups is 1. The SMILES string of the molecule is CN=C(NCc1ccccc1F)N1CCN(c2ncc(Br)c(OC)n2)CC1. The first-order chi connectivity index (χ1) is 13.1. The third kappa shape index (κ3) is 4.65. The van der Waals surface area contributed by atoms with Crippen LogP contribution in [0.3, 0.4) is 0 Å². The highest BCUT2D eigenvalue weighted by molar-refractivity contribution is 9.10. The number of nitrogens with one attached hydrogen (secondary N) is 1. The number of aliphatic imine (C=N–C) groups is 1. The Balaban J connectivity index is 1.58. The van der Waals surface area contributed by atoms with E-state index in [1.165, 1.54) is 6.07 Å². The number of aromatic nitrogens is 2. The van der Waals surface area contributed by atoms with Crippen molar-refractivity contribution in [1.29, 1.82) is 0 Å². The second-order valence-electron chi connectivity index (χ2n) is 5.99. The highest BCUT2D eigenvalue weighted by Crippen LogP contribution is 2.23. The van der Waals surface area contributed by atoms with Crippen molar-refractivity contribution in [2.45, 2.75) is 6.54 Å². The van der Waals surface area contributed by atoms with Crippen LogP contribution in [0.5, 0.6) is 5.88 Å². The van der Waals surface area contributed by atoms with Crippen LogP contribution >= 0.6 is 15.9 Å². The lowest BCUT2D eigenvalue weighted by molar-refractivity contribution is 0.366. The van der Waals surface area contributed by atoms with E-state index >= 15 is 0 Å². The Morgan fingerprint density at radius 3 is 2.70 bits per heavy atom. The second-order valence-corrected chi connectivity index (χ2v) is 6.85. The molecule has 2 heterocycles. The molecule has 7 nitrogen and oxygen atoms in total. The lowest BCUT2D eigenvalue weighted by atomic mass is 10.2. The van der Waals surface area contributed by atoms with Crippen LogP contribution < -0.4 is 15.0 Å². The summed E-state index contributed by atoms with van der Waals surface area (Å²) in [6.45, 7) is 3.43. The number of hydrogen-bond acceptors (Lipinski definition) is 5. The molecule has 1 aromatic carbocycles. The molecule has 1 aromatic heterocycles. The number of piperazine rings is 1. The molecule has 1 saturated heterocycles. The average Bonchev–Trinajstić information content (AvgIpc) is 2.70. The van der Waals surface area contributed by atoms with Crippen molar-refractivity contribution in [2.24, 2.45) is 4.99 Å². The van der Waals surface area contributed by atoms with Crippen LogP contribution in [-0.4, -0.2) is 61.2 Å². The van der Waals surface area contributed by atoms with E-state index in [9.17, 15) is 4.39 Å². The van der Waals surface area contributed by atoms with Crippen molar-refractivity contribution in [3.63, 3.8) is 0 Å². The van der Waals surface area contributed by atoms with Gasteiger partial charge in [0.2, 0.25) is 11.8 Å². The van der Waals surface area contributed by atoms with Crippen LogP contribution in [0.2, 0.25) is 0 Å². The molecule has 1 N–H and O–H groups in total. The van der Waals surface area contributed by atoms with Gasteiger partial charge in [0.25, 0.3) is 0 Å². The van der Waals surface area contributed by atoms with Gasteiger partial charge in [0.1, 0.15) is 5.82 Å². The first kappa shape index (κ1) is 19.3. The number of methoxy groups -OCH3 is 1. The van der Waals surface area contributed by atoms with Crippen LogP contribution in [-0.2, 0) is 6.54 Å². The Labute approximate surface area is 166 Å². The molecule has 2 aromatic rings. The van der Waals surface area contributed by atoms with Gasteiger partial charge in [-0.3, -0.25) is 4.99 Å². The van der Waals surface area contributed by atoms with Crippen molar-refractivity contribution < 1.29 is 9.13 Å². The monoisotopic (exact) mass is 436 g/mol. The van der Waals surface area contributed by atoms with Crippen LogP contribution in [0.1, 0.15) is 5.56 Å². The maximum Gasteiger partial charge on any atom is 0.232 e. The predicted octanol–water partition coefficient (Wildman–Crippen LogP) is 2.28. The Morgan fingerprint density at radius 2 is 2.04 bits per heavy atom. The zero-order chi connectivity index (χ0) is 19.2. The Hall–Kier alpha value is -2.42. The van der Waals surface area contributed by atoms with Gasteiger partial charge in [-0.05, 0) is 22.0 Å². The number of rotatable bonds is 4. The van der Waals surface area contributed by atoms with Gasteiger partial charge in [-0.2, -0.15) is 4.98 Å². The third-order valence-corrected chi connectivity index (χ3v) is 4.91. The minimum Gasteiger partial charge on any atom is -0.480 e. The maximum atomic E-state index is 13.8. The maximum absolute atomic E-state index is 13.8. The number of hydrogen-bond donors (Lipinski definition) is 1. The van der Waals surface area contributed by atoms with Gasteiger partial charge in [0.15, 0.2) is 5.96 Å². The molecule has 1 aliphatic rings. The first-order valence-corrected chi connectivity index (χ1v) is 9.42. The summed E-state index contributed by atoms with van der Waals surface area (Å²) in [6, 6.07) is 6.75. The quantitative estimate of drug-likeness (QED) is 0.585. The molecule has 0 bridgehead atoms. The Morgan fingerprint density at radius 1 is 1.30 bits per heavy atom. The molecule has 0 amide bonds. The van der Waals surface area contributed by atoms with E-state index in [1.54, 1.807) is 32.5 Å². The van der Waals surface area contributed by atoms with Crippen molar-refractivity contribution >= 4 is 27.8 Å². The molecule has 0 radical (unpaired) electrons. The summed E-state index contributed by atoms with van der Waals surface area (Å²) in [5, 5.41) is 3.24. The van der Waals surface area contributed by atoms with Gasteiger partial charge in [0.05, 0.1) is 17.8 Å². The van der Waals surface area contributed by atoms with Crippen LogP contribution in [0.4, 0.5) is 10.3 Å². The van der Waals surface area contributed by atoms with E-state index in [0.717, 1.165) is 36.6 Å². The van der Waals surface area contributed by atoms with Gasteiger partial charge in [-0.15, -0.1) is 0 Å². The molecule has 0 spiro atoms. The largest absolute Gasteiger partial charge is 0.480 e. The topological polar surface area (TPSA) is 65.9 Å². The molecular formula is C18H22BrFN6O. The molecule has 1 fully saturated rings. The average molecular weight is 437 g/mol. The zero-order valence-electron chi connectivity index (χ0n) is 15.3. The van der Waals surface area contributed by atoms with Crippen molar-refractivity contribution in [2.75, 3.05) is 45.2 Å². The minimum absolute atomic E-state index is 0.216. The molecule has 0 unspecified atom stereocenters. The molecule has 27 heavy (non-hydrogen) atoms. The van der Waals surface area contributed by atoms with Crippen LogP contribution in [0.15, 0.2) is 39.9 Å². The fourth-order valence-electron chi connectivity index (χ4n) is 2.90. The predicted molar refractivity (Wildman–Crippen MR) is 107 cm³/mol. The summed E-state index contributed by atoms with van der Waals surface area (Å²) in [5.74, 6) is 1.70. The summed E-state index contributed by atoms with van der Waals surface area (Å²) in [5.41, 5.74) is 0.618. The van der Waals surface area contributed by atoms with Crippen LogP contribution in [0.25, 0.3) is 0 Å². The summed E-state index contributed by atoms with van der Waals surface area (Å²) in [7, 11) is 3.32. The summed E-state index contributed by atoms with van der Waals surface area (Å²) in [4.78, 5) is 17.4. The summed E-state index contributed by atoms with van der Waals surface area (Å²) < 4.78 is 19.8. The second kappa shape index (κ2) is 8.98. The van der Waals surface area contributed by atoms with E-state index in [2.05, 4.69) is 46.0 Å². The zero-order valence-corrected chi connectivity index (χ0v) is 16.9. The molecule has 0 atom stereocenters. The highest BCUT2D eigenvalue weighted by Gasteiger charge is 2.22. The van der Waals surface area contributed by atoms with E-state index in [0.29, 0.717) is 23.9 Å². The minimum atomic E-state index is -0.216.